The summed E-state index contributed by atoms with van der Waals surface area (Å²) in [5.74, 6) is -1.12. The molecule has 1 rings (SSSR count). The zero-order valence-electron chi connectivity index (χ0n) is 13.4. The van der Waals surface area contributed by atoms with Crippen LogP contribution in [0.15, 0.2) is 12.2 Å². The van der Waals surface area contributed by atoms with Gasteiger partial charge in [0.15, 0.2) is 0 Å². The van der Waals surface area contributed by atoms with Gasteiger partial charge in [0.1, 0.15) is 0 Å². The first-order valence-electron chi connectivity index (χ1n) is 8.65. The fourth-order valence-corrected chi connectivity index (χ4v) is 2.65. The first kappa shape index (κ1) is 17.9. The molecule has 1 heterocycles. The molecule has 0 saturated carbocycles. The van der Waals surface area contributed by atoms with Crippen molar-refractivity contribution in [1.29, 1.82) is 0 Å². The first-order valence-corrected chi connectivity index (χ1v) is 8.65. The molecule has 1 aliphatic heterocycles. The van der Waals surface area contributed by atoms with Crippen LogP contribution in [0.25, 0.3) is 0 Å². The van der Waals surface area contributed by atoms with Crippen LogP contribution >= 0.6 is 0 Å². The van der Waals surface area contributed by atoms with Gasteiger partial charge in [-0.05, 0) is 12.8 Å². The summed E-state index contributed by atoms with van der Waals surface area (Å²) in [6.45, 7) is 2.25. The van der Waals surface area contributed by atoms with Gasteiger partial charge in [-0.15, -0.1) is 0 Å². The molecule has 21 heavy (non-hydrogen) atoms. The fourth-order valence-electron chi connectivity index (χ4n) is 2.65. The van der Waals surface area contributed by atoms with Crippen molar-refractivity contribution in [2.75, 3.05) is 0 Å². The van der Waals surface area contributed by atoms with Crippen LogP contribution in [-0.2, 0) is 14.3 Å². The molecule has 1 atom stereocenters. The number of carbonyl (C=O) groups excluding carboxylic acids is 2. The Hall–Kier alpha value is -1.12. The number of carbonyl (C=O) groups is 2. The predicted molar refractivity (Wildman–Crippen MR) is 84.8 cm³/mol. The maximum Gasteiger partial charge on any atom is 0.321 e. The molecule has 3 heteroatoms. The highest BCUT2D eigenvalue weighted by Crippen LogP contribution is 2.18. The zero-order chi connectivity index (χ0) is 15.3. The number of cyclic esters (lactones) is 2. The van der Waals surface area contributed by atoms with Crippen molar-refractivity contribution in [3.63, 3.8) is 0 Å². The summed E-state index contributed by atoms with van der Waals surface area (Å²) in [4.78, 5) is 22.1. The predicted octanol–water partition coefficient (Wildman–Crippen LogP) is 4.94. The zero-order valence-corrected chi connectivity index (χ0v) is 13.4. The topological polar surface area (TPSA) is 43.4 Å². The highest BCUT2D eigenvalue weighted by molar-refractivity contribution is 5.95. The normalized spacial score (nSPS) is 18.6. The molecule has 0 aliphatic carbocycles. The number of unbranched alkanes of at least 4 members (excludes halogenated alkanes) is 10. The SMILES string of the molecule is CCCCCCCCCCCC/C=C/[C@H]1CC(=O)OC1=O. The summed E-state index contributed by atoms with van der Waals surface area (Å²) in [7, 11) is 0. The van der Waals surface area contributed by atoms with Gasteiger partial charge in [-0.2, -0.15) is 0 Å². The van der Waals surface area contributed by atoms with Gasteiger partial charge in [0.25, 0.3) is 0 Å². The Kier molecular flexibility index (Phi) is 9.84. The quantitative estimate of drug-likeness (QED) is 0.221. The standard InChI is InChI=1S/C18H30O3/c1-2-3-4-5-6-7-8-9-10-11-12-13-14-16-15-17(19)21-18(16)20/h13-14,16H,2-12,15H2,1H3/b14-13+/t16-/m0/s1. The van der Waals surface area contributed by atoms with Gasteiger partial charge in [0, 0.05) is 0 Å². The summed E-state index contributed by atoms with van der Waals surface area (Å²) in [5.41, 5.74) is 0. The molecular weight excluding hydrogens is 264 g/mol. The minimum absolute atomic E-state index is 0.216. The van der Waals surface area contributed by atoms with Crippen molar-refractivity contribution in [3.05, 3.63) is 12.2 Å². The smallest absolute Gasteiger partial charge is 0.321 e. The number of hydrogen-bond acceptors (Lipinski definition) is 3. The van der Waals surface area contributed by atoms with Crippen molar-refractivity contribution in [3.8, 4) is 0 Å². The lowest BCUT2D eigenvalue weighted by atomic mass is 10.0. The van der Waals surface area contributed by atoms with Crippen LogP contribution in [0.1, 0.15) is 84.0 Å². The lowest BCUT2D eigenvalue weighted by Crippen LogP contribution is -2.03. The van der Waals surface area contributed by atoms with Crippen LogP contribution in [0.2, 0.25) is 0 Å². The molecule has 3 nitrogen and oxygen atoms in total. The van der Waals surface area contributed by atoms with Crippen LogP contribution in [0, 0.1) is 5.92 Å². The molecule has 1 saturated heterocycles. The lowest BCUT2D eigenvalue weighted by molar-refractivity contribution is -0.152. The maximum atomic E-state index is 11.2. The Morgan fingerprint density at radius 2 is 1.52 bits per heavy atom. The van der Waals surface area contributed by atoms with Crippen LogP contribution in [-0.4, -0.2) is 11.9 Å². The van der Waals surface area contributed by atoms with Gasteiger partial charge in [-0.3, -0.25) is 9.59 Å². The molecule has 120 valence electrons. The lowest BCUT2D eigenvalue weighted by Gasteiger charge is -2.01. The van der Waals surface area contributed by atoms with Crippen LogP contribution in [0.4, 0.5) is 0 Å². The van der Waals surface area contributed by atoms with Gasteiger partial charge < -0.3 is 4.74 Å². The summed E-state index contributed by atoms with van der Waals surface area (Å²) >= 11 is 0. The van der Waals surface area contributed by atoms with E-state index >= 15 is 0 Å². The number of ether oxygens (including phenoxy) is 1. The Balaban J connectivity index is 1.86. The third kappa shape index (κ3) is 8.69. The first-order chi connectivity index (χ1) is 10.2. The fraction of sp³-hybridized carbons (Fsp3) is 0.778. The molecule has 0 amide bonds. The molecule has 1 fully saturated rings. The molecule has 0 N–H and O–H groups in total. The molecule has 0 aromatic rings. The third-order valence-corrected chi connectivity index (χ3v) is 4.00. The molecule has 1 aliphatic rings. The Morgan fingerprint density at radius 3 is 2.05 bits per heavy atom. The van der Waals surface area contributed by atoms with Crippen molar-refractivity contribution >= 4 is 11.9 Å². The van der Waals surface area contributed by atoms with E-state index in [2.05, 4.69) is 11.7 Å². The van der Waals surface area contributed by atoms with E-state index in [0.717, 1.165) is 6.42 Å². The minimum atomic E-state index is -0.395. The van der Waals surface area contributed by atoms with Gasteiger partial charge >= 0.3 is 11.9 Å². The molecule has 0 radical (unpaired) electrons. The largest absolute Gasteiger partial charge is 0.393 e. The van der Waals surface area contributed by atoms with Crippen LogP contribution in [0.3, 0.4) is 0 Å². The van der Waals surface area contributed by atoms with Gasteiger partial charge in [0.05, 0.1) is 12.3 Å². The molecule has 0 unspecified atom stereocenters. The van der Waals surface area contributed by atoms with E-state index < -0.39 is 5.97 Å². The van der Waals surface area contributed by atoms with Crippen molar-refractivity contribution < 1.29 is 14.3 Å². The molecule has 0 aromatic heterocycles. The summed E-state index contributed by atoms with van der Waals surface area (Å²) in [6.07, 6.45) is 18.4. The number of hydrogen-bond donors (Lipinski definition) is 0. The van der Waals surface area contributed by atoms with E-state index in [4.69, 9.17) is 0 Å². The van der Waals surface area contributed by atoms with Crippen molar-refractivity contribution in [2.45, 2.75) is 84.0 Å². The van der Waals surface area contributed by atoms with E-state index in [1.807, 2.05) is 12.2 Å². The second-order valence-electron chi connectivity index (χ2n) is 6.00. The maximum absolute atomic E-state index is 11.2. The minimum Gasteiger partial charge on any atom is -0.393 e. The van der Waals surface area contributed by atoms with E-state index in [1.165, 1.54) is 64.2 Å². The molecular formula is C18H30O3. The number of allylic oxidation sites excluding steroid dienone is 1. The van der Waals surface area contributed by atoms with Gasteiger partial charge in [-0.1, -0.05) is 76.9 Å². The molecule has 0 aromatic carbocycles. The van der Waals surface area contributed by atoms with E-state index in [-0.39, 0.29) is 18.3 Å². The van der Waals surface area contributed by atoms with Crippen molar-refractivity contribution in [1.82, 2.24) is 0 Å². The Bertz CT molecular complexity index is 333. The summed E-state index contributed by atoms with van der Waals surface area (Å²) in [5, 5.41) is 0. The number of esters is 2. The number of rotatable bonds is 12. The Morgan fingerprint density at radius 1 is 0.952 bits per heavy atom. The van der Waals surface area contributed by atoms with Gasteiger partial charge in [-0.25, -0.2) is 0 Å². The van der Waals surface area contributed by atoms with Crippen LogP contribution < -0.4 is 0 Å². The van der Waals surface area contributed by atoms with E-state index in [0.29, 0.717) is 0 Å². The highest BCUT2D eigenvalue weighted by Gasteiger charge is 2.30. The molecule has 0 spiro atoms. The average molecular weight is 294 g/mol. The summed E-state index contributed by atoms with van der Waals surface area (Å²) in [6, 6.07) is 0. The third-order valence-electron chi connectivity index (χ3n) is 4.00. The molecule has 0 bridgehead atoms. The van der Waals surface area contributed by atoms with Gasteiger partial charge in [0.2, 0.25) is 0 Å². The van der Waals surface area contributed by atoms with Crippen molar-refractivity contribution in [2.24, 2.45) is 5.92 Å². The highest BCUT2D eigenvalue weighted by atomic mass is 16.6. The van der Waals surface area contributed by atoms with Crippen LogP contribution in [0.5, 0.6) is 0 Å². The summed E-state index contributed by atoms with van der Waals surface area (Å²) < 4.78 is 4.50. The second kappa shape index (κ2) is 11.5. The van der Waals surface area contributed by atoms with E-state index in [1.54, 1.807) is 0 Å². The Labute approximate surface area is 129 Å². The monoisotopic (exact) mass is 294 g/mol. The second-order valence-corrected chi connectivity index (χ2v) is 6.00. The average Bonchev–Trinajstić information content (AvgIpc) is 2.78. The van der Waals surface area contributed by atoms with E-state index in [9.17, 15) is 9.59 Å².